The van der Waals surface area contributed by atoms with Gasteiger partial charge in [0.25, 0.3) is 0 Å². The predicted molar refractivity (Wildman–Crippen MR) is 96.9 cm³/mol. The number of carbonyl (C=O) groups excluding carboxylic acids is 2. The fourth-order valence-electron chi connectivity index (χ4n) is 4.07. The molecule has 3 rings (SSSR count). The second kappa shape index (κ2) is 6.32. The highest BCUT2D eigenvalue weighted by Gasteiger charge is 2.60. The van der Waals surface area contributed by atoms with E-state index in [-0.39, 0.29) is 5.91 Å². The molecule has 3 saturated heterocycles. The van der Waals surface area contributed by atoms with Crippen molar-refractivity contribution >= 4 is 12.0 Å². The molecule has 0 aliphatic carbocycles. The van der Waals surface area contributed by atoms with Crippen molar-refractivity contribution in [3.8, 4) is 0 Å². The molecular weight excluding hydrogens is 352 g/mol. The average molecular weight is 384 g/mol. The van der Waals surface area contributed by atoms with Crippen LogP contribution in [0.5, 0.6) is 0 Å². The summed E-state index contributed by atoms with van der Waals surface area (Å²) in [6.45, 7) is 13.5. The Bertz CT molecular complexity index is 626. The molecule has 8 nitrogen and oxygen atoms in total. The predicted octanol–water partition coefficient (Wildman–Crippen LogP) is 2.16. The first-order valence-corrected chi connectivity index (χ1v) is 9.54. The van der Waals surface area contributed by atoms with Crippen molar-refractivity contribution in [1.29, 1.82) is 0 Å². The molecule has 154 valence electrons. The molecule has 0 aromatic carbocycles. The van der Waals surface area contributed by atoms with Crippen LogP contribution in [0.3, 0.4) is 0 Å². The zero-order chi connectivity index (χ0) is 20.3. The standard InChI is InChI=1S/C19H32N2O6/c1-16(2,3)27-15(23)21-12(10-24-17(21,4)5)14-19(9-8-13(22)20-19)11-25-18(6,7)26-14/h12,14H,8-11H2,1-7H3,(H,20,22)/t12-,14-,19-/m0/s1. The Hall–Kier alpha value is -1.38. The Kier molecular flexibility index (Phi) is 4.76. The van der Waals surface area contributed by atoms with Gasteiger partial charge >= 0.3 is 6.09 Å². The third-order valence-electron chi connectivity index (χ3n) is 5.28. The number of nitrogens with one attached hydrogen (secondary N) is 1. The minimum atomic E-state index is -0.845. The summed E-state index contributed by atoms with van der Waals surface area (Å²) in [5.74, 6) is -0.857. The van der Waals surface area contributed by atoms with Gasteiger partial charge in [-0.1, -0.05) is 0 Å². The van der Waals surface area contributed by atoms with Crippen molar-refractivity contribution in [3.05, 3.63) is 0 Å². The van der Waals surface area contributed by atoms with Gasteiger partial charge in [0, 0.05) is 6.42 Å². The summed E-state index contributed by atoms with van der Waals surface area (Å²) < 4.78 is 23.7. The summed E-state index contributed by atoms with van der Waals surface area (Å²) in [7, 11) is 0. The van der Waals surface area contributed by atoms with Gasteiger partial charge in [-0.25, -0.2) is 4.79 Å². The Labute approximate surface area is 160 Å². The molecule has 3 heterocycles. The van der Waals surface area contributed by atoms with Gasteiger partial charge in [-0.2, -0.15) is 0 Å². The molecule has 1 N–H and O–H groups in total. The molecular formula is C19H32N2O6. The van der Waals surface area contributed by atoms with E-state index < -0.39 is 40.9 Å². The van der Waals surface area contributed by atoms with Crippen LogP contribution in [0.2, 0.25) is 0 Å². The molecule has 0 bridgehead atoms. The Morgan fingerprint density at radius 2 is 1.89 bits per heavy atom. The van der Waals surface area contributed by atoms with Crippen molar-refractivity contribution in [2.24, 2.45) is 0 Å². The lowest BCUT2D eigenvalue weighted by molar-refractivity contribution is -0.308. The van der Waals surface area contributed by atoms with Crippen LogP contribution in [0.25, 0.3) is 0 Å². The summed E-state index contributed by atoms with van der Waals surface area (Å²) in [6.07, 6.45) is 0.0722. The summed E-state index contributed by atoms with van der Waals surface area (Å²) in [5, 5.41) is 3.05. The van der Waals surface area contributed by atoms with Crippen molar-refractivity contribution < 1.29 is 28.5 Å². The summed E-state index contributed by atoms with van der Waals surface area (Å²) in [5.41, 5.74) is -2.15. The lowest BCUT2D eigenvalue weighted by Gasteiger charge is -2.50. The van der Waals surface area contributed by atoms with Crippen molar-refractivity contribution in [3.63, 3.8) is 0 Å². The van der Waals surface area contributed by atoms with E-state index in [1.807, 2.05) is 48.5 Å². The zero-order valence-corrected chi connectivity index (χ0v) is 17.4. The van der Waals surface area contributed by atoms with E-state index in [0.29, 0.717) is 26.1 Å². The van der Waals surface area contributed by atoms with Crippen LogP contribution >= 0.6 is 0 Å². The minimum absolute atomic E-state index is 0.0334. The van der Waals surface area contributed by atoms with E-state index in [9.17, 15) is 9.59 Å². The second-order valence-corrected chi connectivity index (χ2v) is 9.61. The van der Waals surface area contributed by atoms with Crippen LogP contribution < -0.4 is 5.32 Å². The molecule has 0 saturated carbocycles. The highest BCUT2D eigenvalue weighted by molar-refractivity contribution is 5.79. The van der Waals surface area contributed by atoms with Gasteiger partial charge in [-0.05, 0) is 54.9 Å². The molecule has 2 amide bonds. The fraction of sp³-hybridized carbons (Fsp3) is 0.895. The van der Waals surface area contributed by atoms with Gasteiger partial charge in [0.2, 0.25) is 5.91 Å². The highest BCUT2D eigenvalue weighted by atomic mass is 16.7. The van der Waals surface area contributed by atoms with Crippen LogP contribution in [-0.2, 0) is 23.7 Å². The van der Waals surface area contributed by atoms with Crippen molar-refractivity contribution in [2.45, 2.75) is 96.1 Å². The van der Waals surface area contributed by atoms with Crippen LogP contribution in [-0.4, -0.2) is 64.9 Å². The molecule has 27 heavy (non-hydrogen) atoms. The number of nitrogens with zero attached hydrogens (tertiary/aromatic N) is 1. The molecule has 0 unspecified atom stereocenters. The lowest BCUT2D eigenvalue weighted by atomic mass is 9.84. The fourth-order valence-corrected chi connectivity index (χ4v) is 4.07. The van der Waals surface area contributed by atoms with E-state index in [1.54, 1.807) is 4.90 Å². The average Bonchev–Trinajstić information content (AvgIpc) is 3.01. The number of carbonyl (C=O) groups is 2. The maximum Gasteiger partial charge on any atom is 0.412 e. The number of hydrogen-bond donors (Lipinski definition) is 1. The molecule has 3 aliphatic rings. The third kappa shape index (κ3) is 3.93. The molecule has 1 spiro atoms. The second-order valence-electron chi connectivity index (χ2n) is 9.61. The summed E-state index contributed by atoms with van der Waals surface area (Å²) in [4.78, 5) is 26.6. The maximum absolute atomic E-state index is 13.0. The third-order valence-corrected chi connectivity index (χ3v) is 5.28. The van der Waals surface area contributed by atoms with E-state index in [0.717, 1.165) is 0 Å². The first kappa shape index (κ1) is 20.4. The Morgan fingerprint density at radius 3 is 2.44 bits per heavy atom. The first-order chi connectivity index (χ1) is 12.2. The number of ether oxygens (including phenoxy) is 4. The Balaban J connectivity index is 1.94. The highest BCUT2D eigenvalue weighted by Crippen LogP contribution is 2.42. The smallest absolute Gasteiger partial charge is 0.412 e. The summed E-state index contributed by atoms with van der Waals surface area (Å²) in [6, 6.07) is -0.406. The number of amides is 2. The van der Waals surface area contributed by atoms with Gasteiger partial charge in [0.05, 0.1) is 24.8 Å². The van der Waals surface area contributed by atoms with Crippen LogP contribution in [0, 0.1) is 0 Å². The first-order valence-electron chi connectivity index (χ1n) is 9.54. The van der Waals surface area contributed by atoms with Crippen LogP contribution in [0.15, 0.2) is 0 Å². The molecule has 8 heteroatoms. The molecule has 3 atom stereocenters. The topological polar surface area (TPSA) is 86.3 Å². The van der Waals surface area contributed by atoms with Gasteiger partial charge in [0.15, 0.2) is 5.79 Å². The number of rotatable bonds is 1. The molecule has 0 aromatic heterocycles. The Morgan fingerprint density at radius 1 is 1.22 bits per heavy atom. The minimum Gasteiger partial charge on any atom is -0.444 e. The maximum atomic E-state index is 13.0. The molecule has 0 aromatic rings. The largest absolute Gasteiger partial charge is 0.444 e. The van der Waals surface area contributed by atoms with Crippen LogP contribution in [0.4, 0.5) is 4.79 Å². The molecule has 3 aliphatic heterocycles. The van der Waals surface area contributed by atoms with Crippen LogP contribution in [0.1, 0.15) is 61.3 Å². The SMILES string of the molecule is CC(C)(C)OC(=O)N1[C@H]([C@@H]2OC(C)(C)OC[C@@]23CCC(=O)N3)COC1(C)C. The van der Waals surface area contributed by atoms with E-state index in [4.69, 9.17) is 18.9 Å². The molecule has 0 radical (unpaired) electrons. The summed E-state index contributed by atoms with van der Waals surface area (Å²) >= 11 is 0. The monoisotopic (exact) mass is 384 g/mol. The van der Waals surface area contributed by atoms with Crippen molar-refractivity contribution in [1.82, 2.24) is 10.2 Å². The molecule has 3 fully saturated rings. The van der Waals surface area contributed by atoms with Gasteiger partial charge < -0.3 is 24.3 Å². The number of hydrogen-bond acceptors (Lipinski definition) is 6. The van der Waals surface area contributed by atoms with Gasteiger partial charge in [-0.3, -0.25) is 9.69 Å². The van der Waals surface area contributed by atoms with Gasteiger partial charge in [0.1, 0.15) is 17.4 Å². The van der Waals surface area contributed by atoms with E-state index in [2.05, 4.69) is 5.32 Å². The van der Waals surface area contributed by atoms with E-state index >= 15 is 0 Å². The normalized spacial score (nSPS) is 35.4. The zero-order valence-electron chi connectivity index (χ0n) is 17.4. The quantitative estimate of drug-likeness (QED) is 0.746. The van der Waals surface area contributed by atoms with E-state index in [1.165, 1.54) is 0 Å². The lowest BCUT2D eigenvalue weighted by Crippen LogP contribution is -2.69. The van der Waals surface area contributed by atoms with Gasteiger partial charge in [-0.15, -0.1) is 0 Å². The van der Waals surface area contributed by atoms with Crippen molar-refractivity contribution in [2.75, 3.05) is 13.2 Å².